The van der Waals surface area contributed by atoms with E-state index < -0.39 is 11.8 Å². The predicted octanol–water partition coefficient (Wildman–Crippen LogP) is 2.37. The van der Waals surface area contributed by atoms with Crippen molar-refractivity contribution in [2.45, 2.75) is 0 Å². The summed E-state index contributed by atoms with van der Waals surface area (Å²) in [5, 5.41) is 9.12. The fraction of sp³-hybridized carbons (Fsp3) is 0.222. The van der Waals surface area contributed by atoms with Crippen LogP contribution in [0.15, 0.2) is 36.7 Å². The van der Waals surface area contributed by atoms with E-state index in [-0.39, 0.29) is 5.56 Å². The number of rotatable bonds is 3. The molecule has 0 bridgehead atoms. The SMILES string of the molecule is O=C(O)c1cc(-c2ccc3ncnc(N4CCOCC4)c3n2)ccc1F. The smallest absolute Gasteiger partial charge is 0.338 e. The van der Waals surface area contributed by atoms with Crippen molar-refractivity contribution in [3.63, 3.8) is 0 Å². The first-order chi connectivity index (χ1) is 12.6. The van der Waals surface area contributed by atoms with Gasteiger partial charge in [-0.1, -0.05) is 0 Å². The third-order valence-electron chi connectivity index (χ3n) is 4.27. The van der Waals surface area contributed by atoms with Crippen LogP contribution in [-0.4, -0.2) is 52.3 Å². The van der Waals surface area contributed by atoms with E-state index in [1.54, 1.807) is 12.1 Å². The summed E-state index contributed by atoms with van der Waals surface area (Å²) < 4.78 is 19.0. The maximum atomic E-state index is 13.7. The molecule has 26 heavy (non-hydrogen) atoms. The van der Waals surface area contributed by atoms with Crippen LogP contribution in [0.2, 0.25) is 0 Å². The van der Waals surface area contributed by atoms with E-state index in [1.807, 2.05) is 0 Å². The highest BCUT2D eigenvalue weighted by molar-refractivity contribution is 5.91. The second kappa shape index (κ2) is 6.64. The number of benzene rings is 1. The van der Waals surface area contributed by atoms with Gasteiger partial charge in [-0.15, -0.1) is 0 Å². The molecular formula is C18H15FN4O3. The van der Waals surface area contributed by atoms with Gasteiger partial charge in [0.1, 0.15) is 17.7 Å². The number of pyridine rings is 1. The largest absolute Gasteiger partial charge is 0.478 e. The van der Waals surface area contributed by atoms with Crippen LogP contribution in [0.3, 0.4) is 0 Å². The van der Waals surface area contributed by atoms with Gasteiger partial charge >= 0.3 is 5.97 Å². The number of ether oxygens (including phenoxy) is 1. The molecule has 0 radical (unpaired) electrons. The molecular weight excluding hydrogens is 339 g/mol. The van der Waals surface area contributed by atoms with Crippen LogP contribution in [-0.2, 0) is 4.74 Å². The van der Waals surface area contributed by atoms with Gasteiger partial charge in [-0.3, -0.25) is 0 Å². The summed E-state index contributed by atoms with van der Waals surface area (Å²) in [7, 11) is 0. The lowest BCUT2D eigenvalue weighted by Gasteiger charge is -2.28. The summed E-state index contributed by atoms with van der Waals surface area (Å²) in [6.45, 7) is 2.64. The van der Waals surface area contributed by atoms with Gasteiger partial charge in [0.05, 0.1) is 30.0 Å². The molecule has 0 atom stereocenters. The minimum Gasteiger partial charge on any atom is -0.478 e. The molecule has 0 saturated carbocycles. The Balaban J connectivity index is 1.82. The third kappa shape index (κ3) is 2.95. The molecule has 1 N–H and O–H groups in total. The maximum Gasteiger partial charge on any atom is 0.338 e. The number of anilines is 1. The molecule has 0 aliphatic carbocycles. The van der Waals surface area contributed by atoms with E-state index in [9.17, 15) is 9.18 Å². The molecule has 1 aliphatic rings. The van der Waals surface area contributed by atoms with Crippen LogP contribution in [0.25, 0.3) is 22.3 Å². The van der Waals surface area contributed by atoms with E-state index in [0.29, 0.717) is 54.4 Å². The van der Waals surface area contributed by atoms with Gasteiger partial charge in [0.25, 0.3) is 0 Å². The molecule has 0 spiro atoms. The molecule has 132 valence electrons. The van der Waals surface area contributed by atoms with Crippen LogP contribution in [0, 0.1) is 5.82 Å². The number of carbonyl (C=O) groups is 1. The van der Waals surface area contributed by atoms with Crippen LogP contribution >= 0.6 is 0 Å². The van der Waals surface area contributed by atoms with Crippen LogP contribution in [0.4, 0.5) is 10.2 Å². The molecule has 8 heteroatoms. The Kier molecular flexibility index (Phi) is 4.18. The number of carboxylic acids is 1. The lowest BCUT2D eigenvalue weighted by Crippen LogP contribution is -2.37. The first kappa shape index (κ1) is 16.3. The van der Waals surface area contributed by atoms with Gasteiger partial charge in [-0.25, -0.2) is 24.1 Å². The van der Waals surface area contributed by atoms with Crippen molar-refractivity contribution in [3.8, 4) is 11.3 Å². The van der Waals surface area contributed by atoms with Crippen molar-refractivity contribution in [3.05, 3.63) is 48.0 Å². The zero-order chi connectivity index (χ0) is 18.1. The van der Waals surface area contributed by atoms with Gasteiger partial charge < -0.3 is 14.7 Å². The highest BCUT2D eigenvalue weighted by Crippen LogP contribution is 2.27. The Morgan fingerprint density at radius 3 is 2.73 bits per heavy atom. The number of aromatic carboxylic acids is 1. The molecule has 7 nitrogen and oxygen atoms in total. The summed E-state index contributed by atoms with van der Waals surface area (Å²) in [6.07, 6.45) is 1.49. The van der Waals surface area contributed by atoms with Crippen LogP contribution < -0.4 is 4.90 Å². The quantitative estimate of drug-likeness (QED) is 0.772. The molecule has 0 amide bonds. The van der Waals surface area contributed by atoms with E-state index in [4.69, 9.17) is 9.84 Å². The zero-order valence-corrected chi connectivity index (χ0v) is 13.7. The van der Waals surface area contributed by atoms with E-state index in [0.717, 1.165) is 6.07 Å². The van der Waals surface area contributed by atoms with Crippen molar-refractivity contribution in [2.75, 3.05) is 31.2 Å². The van der Waals surface area contributed by atoms with Gasteiger partial charge in [0.2, 0.25) is 0 Å². The predicted molar refractivity (Wildman–Crippen MR) is 92.7 cm³/mol. The number of hydrogen-bond acceptors (Lipinski definition) is 6. The molecule has 0 unspecified atom stereocenters. The van der Waals surface area contributed by atoms with Gasteiger partial charge in [0, 0.05) is 18.7 Å². The number of halogens is 1. The second-order valence-corrected chi connectivity index (χ2v) is 5.86. The maximum absolute atomic E-state index is 13.7. The number of aromatic nitrogens is 3. The number of nitrogens with zero attached hydrogens (tertiary/aromatic N) is 4. The fourth-order valence-corrected chi connectivity index (χ4v) is 2.94. The highest BCUT2D eigenvalue weighted by atomic mass is 19.1. The van der Waals surface area contributed by atoms with Crippen LogP contribution in [0.5, 0.6) is 0 Å². The Bertz CT molecular complexity index is 989. The molecule has 1 aromatic carbocycles. The van der Waals surface area contributed by atoms with Crippen molar-refractivity contribution in [1.82, 2.24) is 15.0 Å². The Hall–Kier alpha value is -3.13. The topological polar surface area (TPSA) is 88.4 Å². The van der Waals surface area contributed by atoms with Crippen molar-refractivity contribution < 1.29 is 19.0 Å². The molecule has 1 saturated heterocycles. The number of carboxylic acid groups (broad SMARTS) is 1. The average Bonchev–Trinajstić information content (AvgIpc) is 2.68. The minimum absolute atomic E-state index is 0.387. The van der Waals surface area contributed by atoms with Gasteiger partial charge in [-0.05, 0) is 30.3 Å². The van der Waals surface area contributed by atoms with E-state index in [1.165, 1.54) is 18.5 Å². The monoisotopic (exact) mass is 354 g/mol. The summed E-state index contributed by atoms with van der Waals surface area (Å²) in [5.41, 5.74) is 1.97. The van der Waals surface area contributed by atoms with Crippen molar-refractivity contribution >= 4 is 22.8 Å². The summed E-state index contributed by atoms with van der Waals surface area (Å²) >= 11 is 0. The molecule has 1 aliphatic heterocycles. The molecule has 3 heterocycles. The standard InChI is InChI=1S/C18H15FN4O3/c19-13-2-1-11(9-12(13)18(24)25)14-3-4-15-16(22-14)17(21-10-20-15)23-5-7-26-8-6-23/h1-4,9-10H,5-8H2,(H,24,25). The Morgan fingerprint density at radius 1 is 1.15 bits per heavy atom. The van der Waals surface area contributed by atoms with Gasteiger partial charge in [-0.2, -0.15) is 0 Å². The Labute approximate surface area is 148 Å². The van der Waals surface area contributed by atoms with Crippen molar-refractivity contribution in [1.29, 1.82) is 0 Å². The highest BCUT2D eigenvalue weighted by Gasteiger charge is 2.18. The van der Waals surface area contributed by atoms with Gasteiger partial charge in [0.15, 0.2) is 5.82 Å². The summed E-state index contributed by atoms with van der Waals surface area (Å²) in [5.74, 6) is -1.39. The third-order valence-corrected chi connectivity index (χ3v) is 4.27. The average molecular weight is 354 g/mol. The fourth-order valence-electron chi connectivity index (χ4n) is 2.94. The van der Waals surface area contributed by atoms with Crippen molar-refractivity contribution in [2.24, 2.45) is 0 Å². The van der Waals surface area contributed by atoms with E-state index >= 15 is 0 Å². The lowest BCUT2D eigenvalue weighted by molar-refractivity contribution is 0.0692. The van der Waals surface area contributed by atoms with E-state index in [2.05, 4.69) is 19.9 Å². The first-order valence-electron chi connectivity index (χ1n) is 8.11. The molecule has 3 aromatic rings. The minimum atomic E-state index is -1.32. The molecule has 4 rings (SSSR count). The second-order valence-electron chi connectivity index (χ2n) is 5.86. The molecule has 2 aromatic heterocycles. The Morgan fingerprint density at radius 2 is 1.96 bits per heavy atom. The number of fused-ring (bicyclic) bond motifs is 1. The normalized spacial score (nSPS) is 14.6. The summed E-state index contributed by atoms with van der Waals surface area (Å²) in [4.78, 5) is 26.5. The lowest BCUT2D eigenvalue weighted by atomic mass is 10.1. The zero-order valence-electron chi connectivity index (χ0n) is 13.7. The van der Waals surface area contributed by atoms with Crippen LogP contribution in [0.1, 0.15) is 10.4 Å². The summed E-state index contributed by atoms with van der Waals surface area (Å²) in [6, 6.07) is 7.46. The molecule has 1 fully saturated rings. The number of hydrogen-bond donors (Lipinski definition) is 1. The first-order valence-corrected chi connectivity index (χ1v) is 8.11. The number of morpholine rings is 1.